The van der Waals surface area contributed by atoms with Gasteiger partial charge in [0.25, 0.3) is 0 Å². The number of esters is 1. The first-order valence-electron chi connectivity index (χ1n) is 18.0. The largest absolute Gasteiger partial charge is 0.465 e. The van der Waals surface area contributed by atoms with Gasteiger partial charge < -0.3 is 20.3 Å². The molecule has 2 aliphatic rings. The van der Waals surface area contributed by atoms with Crippen LogP contribution in [-0.2, 0) is 17.8 Å². The average Bonchev–Trinajstić information content (AvgIpc) is 3.22. The Labute approximate surface area is 325 Å². The number of likely N-dealkylation sites (tertiary alicyclic amines) is 2. The van der Waals surface area contributed by atoms with Crippen LogP contribution in [0.2, 0.25) is 10.0 Å². The molecule has 6 rings (SSSR count). The number of anilines is 2. The Kier molecular flexibility index (Phi) is 14.8. The normalized spacial score (nSPS) is 14.0. The van der Waals surface area contributed by atoms with Crippen molar-refractivity contribution < 1.29 is 23.9 Å². The molecule has 2 aromatic heterocycles. The highest BCUT2D eigenvalue weighted by Crippen LogP contribution is 2.26. The minimum Gasteiger partial charge on any atom is -0.465 e. The van der Waals surface area contributed by atoms with Crippen molar-refractivity contribution >= 4 is 58.4 Å². The Bertz CT molecular complexity index is 1750. The number of rotatable bonds is 9. The van der Waals surface area contributed by atoms with Crippen LogP contribution in [0.25, 0.3) is 0 Å². The summed E-state index contributed by atoms with van der Waals surface area (Å²) in [7, 11) is 1.33. The van der Waals surface area contributed by atoms with E-state index >= 15 is 0 Å². The summed E-state index contributed by atoms with van der Waals surface area (Å²) in [6.45, 7) is 3.56. The van der Waals surface area contributed by atoms with Crippen molar-refractivity contribution in [1.82, 2.24) is 19.8 Å². The van der Waals surface area contributed by atoms with Gasteiger partial charge in [-0.05, 0) is 99.2 Å². The number of ether oxygens (including phenoxy) is 1. The van der Waals surface area contributed by atoms with Crippen molar-refractivity contribution in [2.75, 3.05) is 49.6 Å². The lowest BCUT2D eigenvalue weighted by atomic mass is 10.1. The fraction of sp³-hybridized carbons (Fsp3) is 0.350. The number of nitrogens with zero attached hydrogens (tertiary/aromatic N) is 6. The third-order valence-corrected chi connectivity index (χ3v) is 9.64. The first-order chi connectivity index (χ1) is 26.2. The number of ketones is 1. The van der Waals surface area contributed by atoms with Crippen LogP contribution in [0, 0.1) is 0 Å². The molecule has 14 heteroatoms. The lowest BCUT2D eigenvalue weighted by Crippen LogP contribution is -2.45. The standard InChI is InChI=1S/C20H23ClN4O2.C20H22ClN3O3/c21-16-5-4-6-18(11-16)25(20(27)24-9-2-1-3-10-24)14-17-8-7-15(13-23-17)19(26)12-22;1-27-19(25)15-8-9-17(22-13-15)14-24(18-7-5-6-16(21)12-18)20(26)23-10-3-2-4-11-23/h4-8,11,13H,1-3,9-10,12,14,22H2;5-9,12-13H,2-4,10-11,14H2,1H3. The molecular weight excluding hydrogens is 729 g/mol. The van der Waals surface area contributed by atoms with E-state index in [0.717, 1.165) is 76.1 Å². The van der Waals surface area contributed by atoms with Crippen molar-refractivity contribution in [3.05, 3.63) is 118 Å². The second-order valence-electron chi connectivity index (χ2n) is 13.0. The maximum atomic E-state index is 13.1. The van der Waals surface area contributed by atoms with Gasteiger partial charge in [0.1, 0.15) is 0 Å². The molecule has 4 heterocycles. The molecule has 2 aromatic carbocycles. The molecule has 0 aliphatic carbocycles. The summed E-state index contributed by atoms with van der Waals surface area (Å²) < 4.78 is 4.69. The van der Waals surface area contributed by atoms with Gasteiger partial charge in [-0.25, -0.2) is 14.4 Å². The Morgan fingerprint density at radius 1 is 0.667 bits per heavy atom. The number of methoxy groups -OCH3 is 1. The number of urea groups is 2. The van der Waals surface area contributed by atoms with Gasteiger partial charge in [-0.1, -0.05) is 35.3 Å². The van der Waals surface area contributed by atoms with E-state index in [0.29, 0.717) is 39.1 Å². The zero-order valence-corrected chi connectivity index (χ0v) is 31.8. The summed E-state index contributed by atoms with van der Waals surface area (Å²) in [5, 5.41) is 1.14. The zero-order valence-electron chi connectivity index (χ0n) is 30.3. The quantitative estimate of drug-likeness (QED) is 0.135. The highest BCUT2D eigenvalue weighted by molar-refractivity contribution is 6.31. The van der Waals surface area contributed by atoms with Crippen LogP contribution in [0.4, 0.5) is 21.0 Å². The number of piperidine rings is 2. The number of hydrogen-bond acceptors (Lipinski definition) is 8. The van der Waals surface area contributed by atoms with E-state index in [-0.39, 0.29) is 30.9 Å². The molecule has 0 saturated carbocycles. The molecule has 0 unspecified atom stereocenters. The topological polar surface area (TPSA) is 142 Å². The first-order valence-corrected chi connectivity index (χ1v) is 18.8. The fourth-order valence-corrected chi connectivity index (χ4v) is 6.59. The van der Waals surface area contributed by atoms with E-state index in [2.05, 4.69) is 9.97 Å². The van der Waals surface area contributed by atoms with Crippen LogP contribution < -0.4 is 15.5 Å². The first kappa shape index (κ1) is 40.2. The third-order valence-electron chi connectivity index (χ3n) is 9.17. The molecule has 12 nitrogen and oxygen atoms in total. The number of nitrogens with two attached hydrogens (primary N) is 1. The van der Waals surface area contributed by atoms with Gasteiger partial charge >= 0.3 is 18.0 Å². The van der Waals surface area contributed by atoms with E-state index in [9.17, 15) is 19.2 Å². The summed E-state index contributed by atoms with van der Waals surface area (Å²) in [5.41, 5.74) is 9.04. The van der Waals surface area contributed by atoms with Crippen LogP contribution >= 0.6 is 23.2 Å². The van der Waals surface area contributed by atoms with Crippen LogP contribution in [0.15, 0.2) is 85.2 Å². The highest BCUT2D eigenvalue weighted by Gasteiger charge is 2.26. The number of aromatic nitrogens is 2. The van der Waals surface area contributed by atoms with Gasteiger partial charge in [0.05, 0.1) is 43.7 Å². The molecule has 284 valence electrons. The molecule has 2 fully saturated rings. The van der Waals surface area contributed by atoms with E-state index < -0.39 is 5.97 Å². The number of pyridine rings is 2. The molecule has 4 aromatic rings. The third kappa shape index (κ3) is 11.0. The number of hydrogen-bond donors (Lipinski definition) is 1. The minimum absolute atomic E-state index is 0.0525. The second-order valence-corrected chi connectivity index (χ2v) is 13.9. The highest BCUT2D eigenvalue weighted by atomic mass is 35.5. The Morgan fingerprint density at radius 2 is 1.11 bits per heavy atom. The Morgan fingerprint density at radius 3 is 1.48 bits per heavy atom. The summed E-state index contributed by atoms with van der Waals surface area (Å²) in [6.07, 6.45) is 9.33. The fourth-order valence-electron chi connectivity index (χ4n) is 6.22. The number of Topliss-reactive ketones (excluding diaryl/α,β-unsaturated/α-hetero) is 1. The van der Waals surface area contributed by atoms with E-state index in [1.54, 1.807) is 58.3 Å². The van der Waals surface area contributed by atoms with Crippen molar-refractivity contribution in [2.24, 2.45) is 5.73 Å². The van der Waals surface area contributed by atoms with Crippen LogP contribution in [0.1, 0.15) is 70.6 Å². The molecule has 0 bridgehead atoms. The summed E-state index contributed by atoms with van der Waals surface area (Å²) >= 11 is 12.3. The van der Waals surface area contributed by atoms with Gasteiger partial charge in [-0.2, -0.15) is 0 Å². The van der Waals surface area contributed by atoms with Crippen molar-refractivity contribution in [3.8, 4) is 0 Å². The second kappa shape index (κ2) is 19.9. The Hall–Kier alpha value is -5.04. The van der Waals surface area contributed by atoms with Crippen molar-refractivity contribution in [1.29, 1.82) is 0 Å². The number of benzene rings is 2. The minimum atomic E-state index is -0.440. The predicted molar refractivity (Wildman–Crippen MR) is 210 cm³/mol. The molecular formula is C40H45Cl2N7O5. The number of halogens is 2. The molecule has 0 radical (unpaired) electrons. The van der Waals surface area contributed by atoms with E-state index in [1.165, 1.54) is 19.5 Å². The molecule has 2 aliphatic heterocycles. The zero-order chi connectivity index (χ0) is 38.5. The maximum absolute atomic E-state index is 13.1. The summed E-state index contributed by atoms with van der Waals surface area (Å²) in [6, 6.07) is 21.2. The molecule has 54 heavy (non-hydrogen) atoms. The van der Waals surface area contributed by atoms with Crippen molar-refractivity contribution in [3.63, 3.8) is 0 Å². The average molecular weight is 775 g/mol. The summed E-state index contributed by atoms with van der Waals surface area (Å²) in [5.74, 6) is -0.602. The molecule has 2 saturated heterocycles. The van der Waals surface area contributed by atoms with Gasteiger partial charge in [0, 0.05) is 65.6 Å². The van der Waals surface area contributed by atoms with Crippen molar-refractivity contribution in [2.45, 2.75) is 51.6 Å². The monoisotopic (exact) mass is 773 g/mol. The number of carbonyl (C=O) groups excluding carboxylic acids is 4. The SMILES string of the molecule is COC(=O)c1ccc(CN(C(=O)N2CCCCC2)c2cccc(Cl)c2)nc1.NCC(=O)c1ccc(CN(C(=O)N2CCCCC2)c2cccc(Cl)c2)nc1. The lowest BCUT2D eigenvalue weighted by Gasteiger charge is -2.33. The molecule has 4 amide bonds. The number of amides is 4. The summed E-state index contributed by atoms with van der Waals surface area (Å²) in [4.78, 5) is 65.3. The number of carbonyl (C=O) groups is 4. The van der Waals surface area contributed by atoms with Gasteiger partial charge in [-0.15, -0.1) is 0 Å². The van der Waals surface area contributed by atoms with Gasteiger partial charge in [0.2, 0.25) is 0 Å². The van der Waals surface area contributed by atoms with Gasteiger partial charge in [-0.3, -0.25) is 24.6 Å². The molecule has 0 atom stereocenters. The van der Waals surface area contributed by atoms with E-state index in [1.807, 2.05) is 34.1 Å². The van der Waals surface area contributed by atoms with Gasteiger partial charge in [0.15, 0.2) is 5.78 Å². The lowest BCUT2D eigenvalue weighted by molar-refractivity contribution is 0.0600. The van der Waals surface area contributed by atoms with E-state index in [4.69, 9.17) is 33.7 Å². The predicted octanol–water partition coefficient (Wildman–Crippen LogP) is 7.62. The van der Waals surface area contributed by atoms with Crippen LogP contribution in [0.3, 0.4) is 0 Å². The van der Waals surface area contributed by atoms with Crippen LogP contribution in [-0.4, -0.2) is 83.4 Å². The molecule has 2 N–H and O–H groups in total. The van der Waals surface area contributed by atoms with Crippen LogP contribution in [0.5, 0.6) is 0 Å². The maximum Gasteiger partial charge on any atom is 0.339 e. The smallest absolute Gasteiger partial charge is 0.339 e. The molecule has 0 spiro atoms. The Balaban J connectivity index is 0.000000208.